The lowest BCUT2D eigenvalue weighted by Gasteiger charge is -2.12. The van der Waals surface area contributed by atoms with E-state index in [4.69, 9.17) is 16.3 Å². The Labute approximate surface area is 123 Å². The van der Waals surface area contributed by atoms with E-state index in [0.29, 0.717) is 16.7 Å². The van der Waals surface area contributed by atoms with Gasteiger partial charge in [-0.2, -0.15) is 8.78 Å². The summed E-state index contributed by atoms with van der Waals surface area (Å²) in [6, 6.07) is 4.64. The number of hydrogen-bond acceptors (Lipinski definition) is 5. The molecule has 0 aliphatic rings. The molecule has 0 bridgehead atoms. The van der Waals surface area contributed by atoms with Gasteiger partial charge in [0, 0.05) is 22.8 Å². The Morgan fingerprint density at radius 2 is 2.20 bits per heavy atom. The number of anilines is 1. The fourth-order valence-electron chi connectivity index (χ4n) is 1.53. The van der Waals surface area contributed by atoms with E-state index in [1.807, 2.05) is 0 Å². The molecular formula is C12H11ClF2N2O2S. The van der Waals surface area contributed by atoms with E-state index in [1.165, 1.54) is 24.5 Å². The van der Waals surface area contributed by atoms with Crippen molar-refractivity contribution in [3.63, 3.8) is 0 Å². The summed E-state index contributed by atoms with van der Waals surface area (Å²) < 4.78 is 34.2. The SMILES string of the molecule is COc1cc(NCc2cnc(Cl)s2)ccc1OC(F)F. The molecule has 0 saturated heterocycles. The van der Waals surface area contributed by atoms with E-state index in [9.17, 15) is 8.78 Å². The van der Waals surface area contributed by atoms with Gasteiger partial charge in [0.1, 0.15) is 0 Å². The maximum absolute atomic E-state index is 12.2. The zero-order chi connectivity index (χ0) is 14.5. The van der Waals surface area contributed by atoms with Gasteiger partial charge in [0.15, 0.2) is 16.0 Å². The number of nitrogens with one attached hydrogen (secondary N) is 1. The molecule has 2 aromatic rings. The van der Waals surface area contributed by atoms with Crippen molar-refractivity contribution in [2.24, 2.45) is 0 Å². The smallest absolute Gasteiger partial charge is 0.387 e. The second-order valence-electron chi connectivity index (χ2n) is 3.68. The van der Waals surface area contributed by atoms with Crippen LogP contribution in [0.25, 0.3) is 0 Å². The van der Waals surface area contributed by atoms with Crippen LogP contribution in [0, 0.1) is 0 Å². The van der Waals surface area contributed by atoms with Crippen LogP contribution in [0.5, 0.6) is 11.5 Å². The van der Waals surface area contributed by atoms with Gasteiger partial charge in [0.2, 0.25) is 0 Å². The minimum Gasteiger partial charge on any atom is -0.493 e. The summed E-state index contributed by atoms with van der Waals surface area (Å²) in [5, 5.41) is 3.12. The third-order valence-corrected chi connectivity index (χ3v) is 3.49. The van der Waals surface area contributed by atoms with Crippen LogP contribution in [-0.4, -0.2) is 18.7 Å². The molecule has 2 rings (SSSR count). The van der Waals surface area contributed by atoms with Crippen LogP contribution in [-0.2, 0) is 6.54 Å². The first-order chi connectivity index (χ1) is 9.58. The van der Waals surface area contributed by atoms with Crippen LogP contribution < -0.4 is 14.8 Å². The fourth-order valence-corrected chi connectivity index (χ4v) is 2.44. The molecule has 1 aromatic carbocycles. The predicted octanol–water partition coefficient (Wildman–Crippen LogP) is 4.02. The van der Waals surface area contributed by atoms with Gasteiger partial charge in [0.25, 0.3) is 0 Å². The van der Waals surface area contributed by atoms with Crippen LogP contribution >= 0.6 is 22.9 Å². The Kier molecular flexibility index (Phi) is 4.97. The molecule has 1 heterocycles. The summed E-state index contributed by atoms with van der Waals surface area (Å²) in [5.41, 5.74) is 0.716. The van der Waals surface area contributed by atoms with Gasteiger partial charge in [-0.05, 0) is 12.1 Å². The second-order valence-corrected chi connectivity index (χ2v) is 5.37. The molecule has 8 heteroatoms. The zero-order valence-electron chi connectivity index (χ0n) is 10.4. The molecule has 0 spiro atoms. The summed E-state index contributed by atoms with van der Waals surface area (Å²) in [4.78, 5) is 4.89. The molecule has 0 saturated carbocycles. The van der Waals surface area contributed by atoms with Crippen LogP contribution in [0.1, 0.15) is 4.88 Å². The molecule has 0 aliphatic carbocycles. The molecule has 1 aromatic heterocycles. The highest BCUT2D eigenvalue weighted by Crippen LogP contribution is 2.31. The number of ether oxygens (including phenoxy) is 2. The number of aromatic nitrogens is 1. The molecule has 1 N–H and O–H groups in total. The topological polar surface area (TPSA) is 43.4 Å². The first-order valence-electron chi connectivity index (χ1n) is 5.55. The van der Waals surface area contributed by atoms with Gasteiger partial charge < -0.3 is 14.8 Å². The number of thiazole rings is 1. The number of halogens is 3. The number of hydrogen-bond donors (Lipinski definition) is 1. The number of methoxy groups -OCH3 is 1. The molecule has 0 unspecified atom stereocenters. The lowest BCUT2D eigenvalue weighted by atomic mass is 10.2. The highest BCUT2D eigenvalue weighted by molar-refractivity contribution is 7.15. The van der Waals surface area contributed by atoms with Gasteiger partial charge in [0.05, 0.1) is 13.7 Å². The largest absolute Gasteiger partial charge is 0.493 e. The summed E-state index contributed by atoms with van der Waals surface area (Å²) >= 11 is 7.10. The Morgan fingerprint density at radius 1 is 1.40 bits per heavy atom. The highest BCUT2D eigenvalue weighted by atomic mass is 35.5. The average molecular weight is 321 g/mol. The van der Waals surface area contributed by atoms with E-state index in [2.05, 4.69) is 15.0 Å². The molecule has 20 heavy (non-hydrogen) atoms. The van der Waals surface area contributed by atoms with Crippen molar-refractivity contribution in [2.45, 2.75) is 13.2 Å². The lowest BCUT2D eigenvalue weighted by Crippen LogP contribution is -2.04. The minimum absolute atomic E-state index is 0.00566. The van der Waals surface area contributed by atoms with Crippen LogP contribution in [0.2, 0.25) is 4.47 Å². The van der Waals surface area contributed by atoms with E-state index in [1.54, 1.807) is 18.3 Å². The number of rotatable bonds is 6. The fraction of sp³-hybridized carbons (Fsp3) is 0.250. The number of alkyl halides is 2. The van der Waals surface area contributed by atoms with E-state index >= 15 is 0 Å². The number of nitrogens with zero attached hydrogens (tertiary/aromatic N) is 1. The van der Waals surface area contributed by atoms with Crippen LogP contribution in [0.3, 0.4) is 0 Å². The maximum Gasteiger partial charge on any atom is 0.387 e. The molecule has 0 radical (unpaired) electrons. The monoisotopic (exact) mass is 320 g/mol. The Balaban J connectivity index is 2.05. The molecule has 0 aliphatic heterocycles. The highest BCUT2D eigenvalue weighted by Gasteiger charge is 2.11. The standard InChI is InChI=1S/C12H11ClF2N2O2S/c1-18-10-4-7(2-3-9(10)19-12(14)15)16-5-8-6-17-11(13)20-8/h2-4,6,12,16H,5H2,1H3. The third-order valence-electron chi connectivity index (χ3n) is 2.37. The number of benzene rings is 1. The van der Waals surface area contributed by atoms with Crippen molar-refractivity contribution in [3.05, 3.63) is 33.7 Å². The van der Waals surface area contributed by atoms with Gasteiger partial charge in [-0.1, -0.05) is 11.6 Å². The van der Waals surface area contributed by atoms with Crippen molar-refractivity contribution in [3.8, 4) is 11.5 Å². The van der Waals surface area contributed by atoms with Gasteiger partial charge in [-0.25, -0.2) is 4.98 Å². The third kappa shape index (κ3) is 3.94. The summed E-state index contributed by atoms with van der Waals surface area (Å²) in [6.07, 6.45) is 1.67. The van der Waals surface area contributed by atoms with Crippen molar-refractivity contribution >= 4 is 28.6 Å². The normalized spacial score (nSPS) is 10.7. The Hall–Kier alpha value is -1.60. The van der Waals surface area contributed by atoms with E-state index < -0.39 is 6.61 Å². The van der Waals surface area contributed by atoms with Crippen molar-refractivity contribution < 1.29 is 18.3 Å². The summed E-state index contributed by atoms with van der Waals surface area (Å²) in [7, 11) is 1.39. The molecule has 0 amide bonds. The summed E-state index contributed by atoms with van der Waals surface area (Å²) in [6.45, 7) is -2.36. The lowest BCUT2D eigenvalue weighted by molar-refractivity contribution is -0.0512. The minimum atomic E-state index is -2.89. The van der Waals surface area contributed by atoms with Crippen molar-refractivity contribution in [1.29, 1.82) is 0 Å². The Morgan fingerprint density at radius 3 is 2.80 bits per heavy atom. The average Bonchev–Trinajstić information content (AvgIpc) is 2.83. The predicted molar refractivity (Wildman–Crippen MR) is 74.1 cm³/mol. The van der Waals surface area contributed by atoms with Gasteiger partial charge in [-0.15, -0.1) is 11.3 Å². The van der Waals surface area contributed by atoms with Crippen LogP contribution in [0.4, 0.5) is 14.5 Å². The summed E-state index contributed by atoms with van der Waals surface area (Å²) in [5.74, 6) is 0.228. The second kappa shape index (κ2) is 6.71. The first kappa shape index (κ1) is 14.8. The zero-order valence-corrected chi connectivity index (χ0v) is 12.0. The van der Waals surface area contributed by atoms with Gasteiger partial charge >= 0.3 is 6.61 Å². The van der Waals surface area contributed by atoms with Crippen molar-refractivity contribution in [2.75, 3.05) is 12.4 Å². The Bertz CT molecular complexity index is 580. The molecular weight excluding hydrogens is 310 g/mol. The van der Waals surface area contributed by atoms with E-state index in [0.717, 1.165) is 4.88 Å². The molecule has 108 valence electrons. The molecule has 0 fully saturated rings. The van der Waals surface area contributed by atoms with Crippen LogP contribution in [0.15, 0.2) is 24.4 Å². The first-order valence-corrected chi connectivity index (χ1v) is 6.75. The maximum atomic E-state index is 12.2. The quantitative estimate of drug-likeness (QED) is 0.873. The molecule has 4 nitrogen and oxygen atoms in total. The molecule has 0 atom stereocenters. The van der Waals surface area contributed by atoms with Gasteiger partial charge in [-0.3, -0.25) is 0 Å². The van der Waals surface area contributed by atoms with Crippen molar-refractivity contribution in [1.82, 2.24) is 4.98 Å². The van der Waals surface area contributed by atoms with E-state index in [-0.39, 0.29) is 11.5 Å².